The Morgan fingerprint density at radius 3 is 2.84 bits per heavy atom. The largest absolute Gasteiger partial charge is 0.486 e. The molecule has 8 nitrogen and oxygen atoms in total. The Kier molecular flexibility index (Phi) is 5.69. The van der Waals surface area contributed by atoms with Gasteiger partial charge in [0.25, 0.3) is 0 Å². The van der Waals surface area contributed by atoms with E-state index in [9.17, 15) is 9.90 Å². The van der Waals surface area contributed by atoms with Gasteiger partial charge in [0.05, 0.1) is 12.3 Å². The number of ether oxygens (including phenoxy) is 1. The molecule has 9 heteroatoms. The molecule has 1 aliphatic heterocycles. The number of hydrogen-bond acceptors (Lipinski definition) is 6. The minimum atomic E-state index is -1.01. The van der Waals surface area contributed by atoms with Crippen molar-refractivity contribution in [2.75, 3.05) is 13.2 Å². The number of carbonyl (C=O) groups is 1. The molecule has 0 saturated heterocycles. The summed E-state index contributed by atoms with van der Waals surface area (Å²) >= 11 is 5.95. The van der Waals surface area contributed by atoms with Crippen molar-refractivity contribution in [1.29, 1.82) is 5.26 Å². The fourth-order valence-corrected chi connectivity index (χ4v) is 2.43. The zero-order valence-corrected chi connectivity index (χ0v) is 14.9. The molecule has 1 aliphatic rings. The summed E-state index contributed by atoms with van der Waals surface area (Å²) in [7, 11) is 0. The molecule has 0 saturated carbocycles. The maximum atomic E-state index is 11.4. The summed E-state index contributed by atoms with van der Waals surface area (Å²) in [4.78, 5) is 21.9. The SMILES string of the molecule is CC(C)(C)N(CC1=NOC(COc2ccc(C#N)nc2Cl)C1)C(=O)O. The van der Waals surface area contributed by atoms with Crippen molar-refractivity contribution >= 4 is 23.4 Å². The molecule has 1 aromatic rings. The van der Waals surface area contributed by atoms with Gasteiger partial charge in [-0.25, -0.2) is 9.78 Å². The smallest absolute Gasteiger partial charge is 0.408 e. The minimum Gasteiger partial charge on any atom is -0.486 e. The van der Waals surface area contributed by atoms with Crippen LogP contribution < -0.4 is 4.74 Å². The third-order valence-corrected chi connectivity index (χ3v) is 3.80. The van der Waals surface area contributed by atoms with Gasteiger partial charge in [0.2, 0.25) is 0 Å². The van der Waals surface area contributed by atoms with E-state index in [1.807, 2.05) is 26.8 Å². The second kappa shape index (κ2) is 7.57. The highest BCUT2D eigenvalue weighted by Gasteiger charge is 2.31. The first-order valence-electron chi connectivity index (χ1n) is 7.62. The number of halogens is 1. The molecule has 0 bridgehead atoms. The molecule has 1 atom stereocenters. The van der Waals surface area contributed by atoms with Gasteiger partial charge in [-0.2, -0.15) is 5.26 Å². The Labute approximate surface area is 150 Å². The first kappa shape index (κ1) is 18.8. The van der Waals surface area contributed by atoms with Crippen LogP contribution in [0.15, 0.2) is 17.3 Å². The maximum absolute atomic E-state index is 11.4. The van der Waals surface area contributed by atoms with Gasteiger partial charge in [-0.3, -0.25) is 4.90 Å². The topological polar surface area (TPSA) is 108 Å². The van der Waals surface area contributed by atoms with E-state index in [1.54, 1.807) is 6.07 Å². The zero-order chi connectivity index (χ0) is 18.6. The summed E-state index contributed by atoms with van der Waals surface area (Å²) in [5.74, 6) is 0.347. The highest BCUT2D eigenvalue weighted by molar-refractivity contribution is 6.30. The lowest BCUT2D eigenvalue weighted by molar-refractivity contribution is 0.0470. The molecule has 2 rings (SSSR count). The molecule has 134 valence electrons. The third-order valence-electron chi connectivity index (χ3n) is 3.53. The number of nitriles is 1. The summed E-state index contributed by atoms with van der Waals surface area (Å²) in [5, 5.41) is 22.1. The molecule has 1 unspecified atom stereocenters. The van der Waals surface area contributed by atoms with Gasteiger partial charge in [0, 0.05) is 12.0 Å². The summed E-state index contributed by atoms with van der Waals surface area (Å²) in [6, 6.07) is 4.96. The molecule has 0 radical (unpaired) electrons. The van der Waals surface area contributed by atoms with E-state index in [1.165, 1.54) is 11.0 Å². The highest BCUT2D eigenvalue weighted by Crippen LogP contribution is 2.24. The fourth-order valence-electron chi connectivity index (χ4n) is 2.22. The standard InChI is InChI=1S/C16H19ClN4O4/c1-16(2,3)21(15(22)23)8-11-6-12(25-20-11)9-24-13-5-4-10(7-18)19-14(13)17/h4-5,12H,6,8-9H2,1-3H3,(H,22,23). The van der Waals surface area contributed by atoms with Crippen molar-refractivity contribution < 1.29 is 19.5 Å². The fraction of sp³-hybridized carbons (Fsp3) is 0.500. The Hall–Kier alpha value is -2.53. The van der Waals surface area contributed by atoms with E-state index < -0.39 is 11.6 Å². The lowest BCUT2D eigenvalue weighted by atomic mass is 10.1. The van der Waals surface area contributed by atoms with E-state index in [4.69, 9.17) is 26.4 Å². The first-order chi connectivity index (χ1) is 11.7. The van der Waals surface area contributed by atoms with E-state index in [2.05, 4.69) is 10.1 Å². The van der Waals surface area contributed by atoms with Crippen LogP contribution in [-0.4, -0.2) is 51.6 Å². The first-order valence-corrected chi connectivity index (χ1v) is 8.00. The van der Waals surface area contributed by atoms with Crippen LogP contribution in [0.2, 0.25) is 5.15 Å². The van der Waals surface area contributed by atoms with Gasteiger partial charge in [-0.15, -0.1) is 0 Å². The predicted molar refractivity (Wildman–Crippen MR) is 90.9 cm³/mol. The lowest BCUT2D eigenvalue weighted by Gasteiger charge is -2.32. The zero-order valence-electron chi connectivity index (χ0n) is 14.2. The van der Waals surface area contributed by atoms with Crippen LogP contribution >= 0.6 is 11.6 Å². The number of amides is 1. The number of aromatic nitrogens is 1. The van der Waals surface area contributed by atoms with E-state index >= 15 is 0 Å². The normalized spacial score (nSPS) is 16.6. The van der Waals surface area contributed by atoms with Crippen LogP contribution in [0.5, 0.6) is 5.75 Å². The van der Waals surface area contributed by atoms with Crippen molar-refractivity contribution in [3.05, 3.63) is 23.0 Å². The van der Waals surface area contributed by atoms with E-state index in [0.717, 1.165) is 0 Å². The van der Waals surface area contributed by atoms with Gasteiger partial charge in [0.1, 0.15) is 18.4 Å². The van der Waals surface area contributed by atoms with Crippen LogP contribution in [0.25, 0.3) is 0 Å². The number of carboxylic acid groups (broad SMARTS) is 1. The predicted octanol–water partition coefficient (Wildman–Crippen LogP) is 2.91. The van der Waals surface area contributed by atoms with Gasteiger partial charge in [-0.1, -0.05) is 16.8 Å². The summed E-state index contributed by atoms with van der Waals surface area (Å²) < 4.78 is 5.56. The molecule has 0 aromatic carbocycles. The van der Waals surface area contributed by atoms with Crippen molar-refractivity contribution in [3.8, 4) is 11.8 Å². The third kappa shape index (κ3) is 4.97. The van der Waals surface area contributed by atoms with Crippen molar-refractivity contribution in [2.45, 2.75) is 38.8 Å². The van der Waals surface area contributed by atoms with Gasteiger partial charge >= 0.3 is 6.09 Å². The molecule has 1 aromatic heterocycles. The number of hydrogen-bond donors (Lipinski definition) is 1. The van der Waals surface area contributed by atoms with Crippen molar-refractivity contribution in [2.24, 2.45) is 5.16 Å². The second-order valence-corrected chi connectivity index (χ2v) is 6.89. The Bertz CT molecular complexity index is 724. The van der Waals surface area contributed by atoms with Crippen molar-refractivity contribution in [1.82, 2.24) is 9.88 Å². The molecule has 25 heavy (non-hydrogen) atoms. The molecule has 0 fully saturated rings. The molecular formula is C16H19ClN4O4. The highest BCUT2D eigenvalue weighted by atomic mass is 35.5. The quantitative estimate of drug-likeness (QED) is 0.802. The summed E-state index contributed by atoms with van der Waals surface area (Å²) in [5.41, 5.74) is 0.302. The van der Waals surface area contributed by atoms with Gasteiger partial charge in [0.15, 0.2) is 17.0 Å². The summed E-state index contributed by atoms with van der Waals surface area (Å²) in [6.07, 6.45) is -0.885. The van der Waals surface area contributed by atoms with Crippen LogP contribution in [0.3, 0.4) is 0 Å². The average molecular weight is 367 g/mol. The van der Waals surface area contributed by atoms with Crippen LogP contribution in [-0.2, 0) is 4.84 Å². The van der Waals surface area contributed by atoms with Crippen LogP contribution in [0, 0.1) is 11.3 Å². The molecule has 0 spiro atoms. The number of oxime groups is 1. The van der Waals surface area contributed by atoms with E-state index in [0.29, 0.717) is 17.9 Å². The maximum Gasteiger partial charge on any atom is 0.408 e. The number of pyridine rings is 1. The Balaban J connectivity index is 1.88. The molecule has 1 N–H and O–H groups in total. The van der Waals surface area contributed by atoms with Crippen LogP contribution in [0.4, 0.5) is 4.79 Å². The van der Waals surface area contributed by atoms with Gasteiger partial charge < -0.3 is 14.7 Å². The van der Waals surface area contributed by atoms with Gasteiger partial charge in [-0.05, 0) is 32.9 Å². The number of nitrogens with zero attached hydrogens (tertiary/aromatic N) is 4. The minimum absolute atomic E-state index is 0.1000. The Morgan fingerprint density at radius 2 is 2.28 bits per heavy atom. The van der Waals surface area contributed by atoms with E-state index in [-0.39, 0.29) is 30.1 Å². The lowest BCUT2D eigenvalue weighted by Crippen LogP contribution is -2.47. The summed E-state index contributed by atoms with van der Waals surface area (Å²) in [6.45, 7) is 5.81. The molecule has 2 heterocycles. The van der Waals surface area contributed by atoms with Crippen molar-refractivity contribution in [3.63, 3.8) is 0 Å². The second-order valence-electron chi connectivity index (χ2n) is 6.54. The average Bonchev–Trinajstić information content (AvgIpc) is 2.97. The Morgan fingerprint density at radius 1 is 1.56 bits per heavy atom. The molecule has 1 amide bonds. The number of rotatable bonds is 5. The molecular weight excluding hydrogens is 348 g/mol. The monoisotopic (exact) mass is 366 g/mol. The van der Waals surface area contributed by atoms with Crippen LogP contribution in [0.1, 0.15) is 32.9 Å². The molecule has 0 aliphatic carbocycles.